The lowest BCUT2D eigenvalue weighted by molar-refractivity contribution is 0.973. The van der Waals surface area contributed by atoms with Gasteiger partial charge >= 0.3 is 0 Å². The molecule has 2 aromatic heterocycles. The molecule has 0 radical (unpaired) electrons. The molecule has 1 aromatic carbocycles. The Balaban J connectivity index is 1.58. The van der Waals surface area contributed by atoms with Crippen molar-refractivity contribution in [3.8, 4) is 0 Å². The number of anilines is 1. The highest BCUT2D eigenvalue weighted by Crippen LogP contribution is 2.25. The summed E-state index contributed by atoms with van der Waals surface area (Å²) in [6.07, 6.45) is 1.51. The minimum absolute atomic E-state index is 0.749. The fraction of sp³-hybridized carbons (Fsp3) is 0.154. The molecular formula is C13H13N5S2. The van der Waals surface area contributed by atoms with Crippen LogP contribution >= 0.6 is 23.1 Å². The maximum Gasteiger partial charge on any atom is 0.188 e. The first-order valence-electron chi connectivity index (χ1n) is 6.08. The van der Waals surface area contributed by atoms with Gasteiger partial charge in [-0.05, 0) is 31.2 Å². The molecule has 3 aromatic rings. The van der Waals surface area contributed by atoms with Gasteiger partial charge in [0.1, 0.15) is 6.33 Å². The largest absolute Gasteiger partial charge is 0.379 e. The first-order chi connectivity index (χ1) is 9.79. The number of hydrogen-bond donors (Lipinski definition) is 2. The molecule has 0 saturated carbocycles. The number of thiazole rings is 1. The highest BCUT2D eigenvalue weighted by molar-refractivity contribution is 7.99. The molecule has 0 bridgehead atoms. The minimum atomic E-state index is 0.749. The molecule has 0 aliphatic heterocycles. The van der Waals surface area contributed by atoms with Gasteiger partial charge in [-0.2, -0.15) is 5.10 Å². The van der Waals surface area contributed by atoms with Gasteiger partial charge in [0.25, 0.3) is 0 Å². The van der Waals surface area contributed by atoms with Crippen molar-refractivity contribution in [3.05, 3.63) is 46.7 Å². The van der Waals surface area contributed by atoms with Crippen LogP contribution in [0.15, 0.2) is 46.0 Å². The summed E-state index contributed by atoms with van der Waals surface area (Å²) in [7, 11) is 0. The SMILES string of the molecule is Cc1nc(CNc2ccc(Sc3ncn[nH]3)cc2)cs1. The highest BCUT2D eigenvalue weighted by Gasteiger charge is 2.01. The number of nitrogens with zero attached hydrogens (tertiary/aromatic N) is 3. The van der Waals surface area contributed by atoms with Gasteiger partial charge in [0, 0.05) is 16.0 Å². The van der Waals surface area contributed by atoms with E-state index in [4.69, 9.17) is 0 Å². The number of aromatic nitrogens is 4. The van der Waals surface area contributed by atoms with Crippen LogP contribution in [0, 0.1) is 6.92 Å². The number of rotatable bonds is 5. The van der Waals surface area contributed by atoms with Crippen molar-refractivity contribution in [2.45, 2.75) is 23.5 Å². The van der Waals surface area contributed by atoms with E-state index in [-0.39, 0.29) is 0 Å². The van der Waals surface area contributed by atoms with Crippen molar-refractivity contribution in [1.82, 2.24) is 20.2 Å². The van der Waals surface area contributed by atoms with Gasteiger partial charge in [0.05, 0.1) is 17.2 Å². The second kappa shape index (κ2) is 6.06. The highest BCUT2D eigenvalue weighted by atomic mass is 32.2. The Morgan fingerprint density at radius 3 is 2.80 bits per heavy atom. The predicted octanol–water partition coefficient (Wildman–Crippen LogP) is 3.33. The topological polar surface area (TPSA) is 66.5 Å². The maximum atomic E-state index is 4.43. The zero-order valence-electron chi connectivity index (χ0n) is 10.8. The number of nitrogens with one attached hydrogen (secondary N) is 2. The summed E-state index contributed by atoms with van der Waals surface area (Å²) in [5.41, 5.74) is 2.16. The average Bonchev–Trinajstić information content (AvgIpc) is 3.10. The third-order valence-corrected chi connectivity index (χ3v) is 4.32. The molecule has 5 nitrogen and oxygen atoms in total. The Hall–Kier alpha value is -1.86. The lowest BCUT2D eigenvalue weighted by atomic mass is 10.3. The zero-order chi connectivity index (χ0) is 13.8. The Morgan fingerprint density at radius 1 is 1.30 bits per heavy atom. The Labute approximate surface area is 124 Å². The second-order valence-corrected chi connectivity index (χ2v) is 6.25. The van der Waals surface area contributed by atoms with Gasteiger partial charge < -0.3 is 5.32 Å². The van der Waals surface area contributed by atoms with Crippen molar-refractivity contribution >= 4 is 28.8 Å². The third kappa shape index (κ3) is 3.37. The smallest absolute Gasteiger partial charge is 0.188 e. The van der Waals surface area contributed by atoms with Crippen molar-refractivity contribution in [1.29, 1.82) is 0 Å². The van der Waals surface area contributed by atoms with Crippen LogP contribution in [0.5, 0.6) is 0 Å². The summed E-state index contributed by atoms with van der Waals surface area (Å²) >= 11 is 3.23. The quantitative estimate of drug-likeness (QED) is 0.757. The normalized spacial score (nSPS) is 10.7. The molecule has 0 amide bonds. The Kier molecular flexibility index (Phi) is 3.98. The van der Waals surface area contributed by atoms with Crippen LogP contribution in [0.4, 0.5) is 5.69 Å². The third-order valence-electron chi connectivity index (χ3n) is 2.60. The first kappa shape index (κ1) is 13.1. The number of aryl methyl sites for hydroxylation is 1. The van der Waals surface area contributed by atoms with Crippen LogP contribution in [-0.4, -0.2) is 20.2 Å². The molecule has 7 heteroatoms. The van der Waals surface area contributed by atoms with E-state index in [0.717, 1.165) is 33.0 Å². The van der Waals surface area contributed by atoms with Gasteiger partial charge in [-0.15, -0.1) is 11.3 Å². The predicted molar refractivity (Wildman–Crippen MR) is 81.1 cm³/mol. The van der Waals surface area contributed by atoms with Crippen LogP contribution < -0.4 is 5.32 Å². The molecule has 2 N–H and O–H groups in total. The van der Waals surface area contributed by atoms with Crippen molar-refractivity contribution < 1.29 is 0 Å². The molecule has 3 rings (SSSR count). The lowest BCUT2D eigenvalue weighted by Gasteiger charge is -2.05. The van der Waals surface area contributed by atoms with Gasteiger partial charge in [-0.25, -0.2) is 9.97 Å². The van der Waals surface area contributed by atoms with E-state index < -0.39 is 0 Å². The van der Waals surface area contributed by atoms with Crippen LogP contribution in [-0.2, 0) is 6.54 Å². The molecule has 0 fully saturated rings. The van der Waals surface area contributed by atoms with E-state index in [2.05, 4.69) is 55.1 Å². The fourth-order valence-electron chi connectivity index (χ4n) is 1.68. The van der Waals surface area contributed by atoms with Crippen molar-refractivity contribution in [3.63, 3.8) is 0 Å². The number of H-pyrrole nitrogens is 1. The molecule has 0 saturated heterocycles. The molecule has 2 heterocycles. The van der Waals surface area contributed by atoms with Gasteiger partial charge in [-0.1, -0.05) is 11.8 Å². The van der Waals surface area contributed by atoms with E-state index in [0.29, 0.717) is 0 Å². The molecule has 0 spiro atoms. The summed E-state index contributed by atoms with van der Waals surface area (Å²) in [5.74, 6) is 0. The average molecular weight is 303 g/mol. The monoisotopic (exact) mass is 303 g/mol. The van der Waals surface area contributed by atoms with Crippen molar-refractivity contribution in [2.75, 3.05) is 5.32 Å². The van der Waals surface area contributed by atoms with Crippen LogP contribution in [0.1, 0.15) is 10.7 Å². The Morgan fingerprint density at radius 2 is 2.15 bits per heavy atom. The summed E-state index contributed by atoms with van der Waals surface area (Å²) in [5, 5.41) is 14.0. The van der Waals surface area contributed by atoms with Crippen LogP contribution in [0.2, 0.25) is 0 Å². The van der Waals surface area contributed by atoms with E-state index in [1.807, 2.05) is 6.92 Å². The van der Waals surface area contributed by atoms with E-state index in [1.165, 1.54) is 6.33 Å². The zero-order valence-corrected chi connectivity index (χ0v) is 12.5. The molecule has 0 atom stereocenters. The van der Waals surface area contributed by atoms with Gasteiger partial charge in [0.15, 0.2) is 5.16 Å². The summed E-state index contributed by atoms with van der Waals surface area (Å²) < 4.78 is 0. The maximum absolute atomic E-state index is 4.43. The summed E-state index contributed by atoms with van der Waals surface area (Å²) in [6, 6.07) is 8.22. The first-order valence-corrected chi connectivity index (χ1v) is 7.77. The number of hydrogen-bond acceptors (Lipinski definition) is 6. The summed E-state index contributed by atoms with van der Waals surface area (Å²) in [4.78, 5) is 9.63. The summed E-state index contributed by atoms with van der Waals surface area (Å²) in [6.45, 7) is 2.77. The Bertz CT molecular complexity index is 660. The number of aromatic amines is 1. The van der Waals surface area contributed by atoms with Crippen LogP contribution in [0.25, 0.3) is 0 Å². The molecule has 0 aliphatic rings. The second-order valence-electron chi connectivity index (χ2n) is 4.13. The fourth-order valence-corrected chi connectivity index (χ4v) is 2.98. The number of benzene rings is 1. The van der Waals surface area contributed by atoms with Crippen molar-refractivity contribution in [2.24, 2.45) is 0 Å². The molecule has 0 aliphatic carbocycles. The standard InChI is InChI=1S/C13H13N5S2/c1-9-17-11(7-19-9)6-14-10-2-4-12(5-3-10)20-13-15-8-16-18-13/h2-5,7-8,14H,6H2,1H3,(H,15,16,18). The van der Waals surface area contributed by atoms with E-state index in [9.17, 15) is 0 Å². The molecule has 102 valence electrons. The molecular weight excluding hydrogens is 290 g/mol. The minimum Gasteiger partial charge on any atom is -0.379 e. The van der Waals surface area contributed by atoms with Crippen LogP contribution in [0.3, 0.4) is 0 Å². The lowest BCUT2D eigenvalue weighted by Crippen LogP contribution is -1.99. The van der Waals surface area contributed by atoms with Gasteiger partial charge in [0.2, 0.25) is 0 Å². The molecule has 0 unspecified atom stereocenters. The van der Waals surface area contributed by atoms with E-state index in [1.54, 1.807) is 23.1 Å². The van der Waals surface area contributed by atoms with Gasteiger partial charge in [-0.3, -0.25) is 5.10 Å². The molecule has 20 heavy (non-hydrogen) atoms. The van der Waals surface area contributed by atoms with E-state index >= 15 is 0 Å².